The lowest BCUT2D eigenvalue weighted by Crippen LogP contribution is -2.35. The number of benzene rings is 2. The molecule has 1 saturated carbocycles. The number of nitrogens with one attached hydrogen (secondary N) is 3. The number of aromatic amines is 1. The molecule has 1 aliphatic rings. The molecule has 35 heavy (non-hydrogen) atoms. The molecule has 4 unspecified atom stereocenters. The van der Waals surface area contributed by atoms with Gasteiger partial charge in [-0.1, -0.05) is 12.1 Å². The molecule has 3 heterocycles. The van der Waals surface area contributed by atoms with Gasteiger partial charge in [0.1, 0.15) is 16.9 Å². The molecule has 0 spiro atoms. The van der Waals surface area contributed by atoms with E-state index in [0.29, 0.717) is 23.8 Å². The first-order chi connectivity index (χ1) is 17.1. The number of aromatic nitrogens is 5. The van der Waals surface area contributed by atoms with Gasteiger partial charge in [0.2, 0.25) is 5.95 Å². The zero-order valence-corrected chi connectivity index (χ0v) is 19.3. The topological polar surface area (TPSA) is 152 Å². The molecule has 0 amide bonds. The Kier molecular flexibility index (Phi) is 5.53. The van der Waals surface area contributed by atoms with Crippen molar-refractivity contribution in [2.45, 2.75) is 24.7 Å². The van der Waals surface area contributed by atoms with Crippen molar-refractivity contribution in [2.24, 2.45) is 5.92 Å². The van der Waals surface area contributed by atoms with Crippen LogP contribution in [-0.4, -0.2) is 65.3 Å². The summed E-state index contributed by atoms with van der Waals surface area (Å²) in [5.74, 6) is 0.447. The molecule has 11 heteroatoms. The van der Waals surface area contributed by atoms with E-state index in [1.54, 1.807) is 12.4 Å². The second kappa shape index (κ2) is 8.86. The first kappa shape index (κ1) is 21.9. The molecule has 6 rings (SSSR count). The number of rotatable bonds is 6. The van der Waals surface area contributed by atoms with Gasteiger partial charge in [-0.05, 0) is 36.8 Å². The Morgan fingerprint density at radius 1 is 1.06 bits per heavy atom. The molecular weight excluding hydrogens is 466 g/mol. The normalized spacial score (nSPS) is 22.1. The lowest BCUT2D eigenvalue weighted by Gasteiger charge is -2.20. The summed E-state index contributed by atoms with van der Waals surface area (Å²) in [6, 6.07) is 13.2. The second-order valence-electron chi connectivity index (χ2n) is 8.65. The molecular formula is C24H23N7O3S. The Bertz CT molecular complexity index is 1470. The lowest BCUT2D eigenvalue weighted by molar-refractivity contribution is 0.00446. The third-order valence-electron chi connectivity index (χ3n) is 6.37. The fraction of sp³-hybridized carbons (Fsp3) is 0.250. The smallest absolute Gasteiger partial charge is 0.229 e. The Morgan fingerprint density at radius 3 is 2.77 bits per heavy atom. The van der Waals surface area contributed by atoms with Crippen molar-refractivity contribution in [3.05, 3.63) is 54.9 Å². The summed E-state index contributed by atoms with van der Waals surface area (Å²) in [5, 5.41) is 45.6. The first-order valence-electron chi connectivity index (χ1n) is 11.3. The van der Waals surface area contributed by atoms with E-state index in [0.717, 1.165) is 31.8 Å². The maximum absolute atomic E-state index is 10.6. The number of H-pyrrole nitrogens is 1. The molecule has 1 aliphatic carbocycles. The zero-order chi connectivity index (χ0) is 23.9. The highest BCUT2D eigenvalue weighted by molar-refractivity contribution is 7.21. The second-order valence-corrected chi connectivity index (χ2v) is 9.68. The van der Waals surface area contributed by atoms with Gasteiger partial charge in [-0.2, -0.15) is 10.1 Å². The molecule has 10 nitrogen and oxygen atoms in total. The fourth-order valence-corrected chi connectivity index (χ4v) is 5.45. The van der Waals surface area contributed by atoms with Crippen LogP contribution >= 0.6 is 11.3 Å². The summed E-state index contributed by atoms with van der Waals surface area (Å²) >= 11 is 1.53. The van der Waals surface area contributed by atoms with Gasteiger partial charge in [-0.3, -0.25) is 5.10 Å². The van der Waals surface area contributed by atoms with Gasteiger partial charge in [-0.15, -0.1) is 11.3 Å². The van der Waals surface area contributed by atoms with E-state index in [-0.39, 0.29) is 6.61 Å². The van der Waals surface area contributed by atoms with Crippen molar-refractivity contribution in [3.8, 4) is 10.6 Å². The highest BCUT2D eigenvalue weighted by Gasteiger charge is 2.41. The van der Waals surface area contributed by atoms with Crippen LogP contribution in [0.1, 0.15) is 6.42 Å². The van der Waals surface area contributed by atoms with Crippen molar-refractivity contribution in [3.63, 3.8) is 0 Å². The summed E-state index contributed by atoms with van der Waals surface area (Å²) in [5.41, 5.74) is 3.30. The quantitative estimate of drug-likeness (QED) is 0.211. The molecule has 178 valence electrons. The molecule has 0 bridgehead atoms. The monoisotopic (exact) mass is 489 g/mol. The fourth-order valence-electron chi connectivity index (χ4n) is 4.47. The number of nitrogens with zero attached hydrogens (tertiary/aromatic N) is 4. The Labute approximate surface area is 203 Å². The Balaban J connectivity index is 1.37. The van der Waals surface area contributed by atoms with Crippen LogP contribution in [0.4, 0.5) is 17.5 Å². The minimum atomic E-state index is -1.04. The number of thiazole rings is 1. The molecule has 4 atom stereocenters. The average Bonchev–Trinajstić information content (AvgIpc) is 3.58. The number of hydrogen-bond donors (Lipinski definition) is 6. The van der Waals surface area contributed by atoms with Crippen molar-refractivity contribution in [2.75, 3.05) is 17.2 Å². The van der Waals surface area contributed by atoms with Gasteiger partial charge in [0.05, 0.1) is 39.6 Å². The van der Waals surface area contributed by atoms with E-state index in [1.165, 1.54) is 11.3 Å². The Hall–Kier alpha value is -3.64. The van der Waals surface area contributed by atoms with Crippen LogP contribution in [0.25, 0.3) is 31.7 Å². The van der Waals surface area contributed by atoms with Crippen LogP contribution in [0.5, 0.6) is 0 Å². The van der Waals surface area contributed by atoms with Crippen molar-refractivity contribution in [1.29, 1.82) is 0 Å². The van der Waals surface area contributed by atoms with Crippen LogP contribution in [0.3, 0.4) is 0 Å². The number of para-hydroxylation sites is 1. The van der Waals surface area contributed by atoms with Gasteiger partial charge in [0.25, 0.3) is 0 Å². The Morgan fingerprint density at radius 2 is 1.94 bits per heavy atom. The summed E-state index contributed by atoms with van der Waals surface area (Å²) in [7, 11) is 0. The molecule has 3 aromatic heterocycles. The van der Waals surface area contributed by atoms with Gasteiger partial charge in [-0.25, -0.2) is 9.97 Å². The van der Waals surface area contributed by atoms with Gasteiger partial charge in [0, 0.05) is 29.8 Å². The molecule has 0 saturated heterocycles. The third kappa shape index (κ3) is 4.08. The minimum absolute atomic E-state index is 0.200. The van der Waals surface area contributed by atoms with Gasteiger partial charge >= 0.3 is 0 Å². The van der Waals surface area contributed by atoms with Crippen LogP contribution in [0.2, 0.25) is 0 Å². The summed E-state index contributed by atoms with van der Waals surface area (Å²) in [4.78, 5) is 14.0. The van der Waals surface area contributed by atoms with E-state index < -0.39 is 24.2 Å². The lowest BCUT2D eigenvalue weighted by atomic mass is 10.1. The predicted molar refractivity (Wildman–Crippen MR) is 135 cm³/mol. The van der Waals surface area contributed by atoms with Crippen LogP contribution in [0, 0.1) is 5.92 Å². The van der Waals surface area contributed by atoms with E-state index in [4.69, 9.17) is 9.97 Å². The summed E-state index contributed by atoms with van der Waals surface area (Å²) in [6.45, 7) is -0.200. The molecule has 0 aliphatic heterocycles. The maximum Gasteiger partial charge on any atom is 0.229 e. The maximum atomic E-state index is 10.6. The van der Waals surface area contributed by atoms with E-state index in [2.05, 4.69) is 25.8 Å². The van der Waals surface area contributed by atoms with Crippen molar-refractivity contribution in [1.82, 2.24) is 25.1 Å². The van der Waals surface area contributed by atoms with E-state index in [9.17, 15) is 15.3 Å². The van der Waals surface area contributed by atoms with E-state index >= 15 is 0 Å². The molecule has 1 fully saturated rings. The largest absolute Gasteiger partial charge is 0.396 e. The van der Waals surface area contributed by atoms with Crippen LogP contribution < -0.4 is 10.6 Å². The summed E-state index contributed by atoms with van der Waals surface area (Å²) < 4.78 is 1.04. The first-order valence-corrected chi connectivity index (χ1v) is 12.1. The van der Waals surface area contributed by atoms with Gasteiger partial charge < -0.3 is 26.0 Å². The minimum Gasteiger partial charge on any atom is -0.396 e. The molecule has 0 radical (unpaired) electrons. The third-order valence-corrected chi connectivity index (χ3v) is 7.44. The number of aliphatic hydroxyl groups excluding tert-OH is 3. The number of aliphatic hydroxyl groups is 3. The highest BCUT2D eigenvalue weighted by atomic mass is 32.1. The van der Waals surface area contributed by atoms with Crippen LogP contribution in [0.15, 0.2) is 54.9 Å². The predicted octanol–water partition coefficient (Wildman–Crippen LogP) is 2.89. The van der Waals surface area contributed by atoms with Crippen molar-refractivity contribution >= 4 is 49.9 Å². The number of hydrogen-bond acceptors (Lipinski definition) is 10. The van der Waals surface area contributed by atoms with Gasteiger partial charge in [0.15, 0.2) is 0 Å². The number of fused-ring (bicyclic) bond motifs is 2. The van der Waals surface area contributed by atoms with Crippen molar-refractivity contribution < 1.29 is 15.3 Å². The SMILES string of the molecule is OCC1CC(Nc2nc(Nc3ccc4[nH]ncc4c3)ncc2-c2nc3ccccc3s2)C(O)C1O. The van der Waals surface area contributed by atoms with E-state index in [1.807, 2.05) is 42.5 Å². The molecule has 2 aromatic carbocycles. The average molecular weight is 490 g/mol. The number of anilines is 3. The molecule has 6 N–H and O–H groups in total. The molecule has 5 aromatic rings. The highest BCUT2D eigenvalue weighted by Crippen LogP contribution is 2.36. The summed E-state index contributed by atoms with van der Waals surface area (Å²) in [6.07, 6.45) is 1.80. The standard InChI is InChI=1S/C24H23N7O3S/c32-11-13-8-18(21(34)20(13)33)28-22-15(23-29-17-3-1-2-4-19(17)35-23)10-25-24(30-22)27-14-5-6-16-12(7-14)9-26-31-16/h1-7,9-10,13,18,20-21,32-34H,8,11H2,(H,26,31)(H2,25,27,28,30). The van der Waals surface area contributed by atoms with Crippen LogP contribution in [-0.2, 0) is 0 Å². The zero-order valence-electron chi connectivity index (χ0n) is 18.5.